The van der Waals surface area contributed by atoms with Gasteiger partial charge in [0.1, 0.15) is 97.5 Å². The third-order valence-corrected chi connectivity index (χ3v) is 15.4. The van der Waals surface area contributed by atoms with Crippen LogP contribution in [0.2, 0.25) is 0 Å². The number of aliphatic carboxylic acids is 2. The smallest absolute Gasteiger partial charge is 0.397 e. The molecule has 5 saturated heterocycles. The maximum atomic E-state index is 12.9. The van der Waals surface area contributed by atoms with E-state index >= 15 is 0 Å². The Morgan fingerprint density at radius 3 is 1.24 bits per heavy atom. The Morgan fingerprint density at radius 1 is 0.384 bits per heavy atom. The zero-order chi connectivity index (χ0) is 65.5. The van der Waals surface area contributed by atoms with Crippen molar-refractivity contribution < 1.29 is 210 Å². The second-order valence-electron chi connectivity index (χ2n) is 18.0. The summed E-state index contributed by atoms with van der Waals surface area (Å²) in [6.07, 6.45) is -61.6. The number of aliphatic hydroxyl groups is 7. The number of hydrogen-bond donors (Lipinski definition) is 19. The zero-order valence-electron chi connectivity index (χ0n) is 41.4. The summed E-state index contributed by atoms with van der Waals surface area (Å²) in [4.78, 5) is 25.6. The molecule has 49 nitrogen and oxygen atoms in total. The van der Waals surface area contributed by atoms with Crippen LogP contribution in [0.25, 0.3) is 0 Å². The molecule has 0 radical (unpaired) electrons. The van der Waals surface area contributed by atoms with Gasteiger partial charge in [-0.05, 0) is 0 Å². The summed E-state index contributed by atoms with van der Waals surface area (Å²) in [5, 5.41) is 97.1. The Balaban J connectivity index is 1.57. The molecule has 504 valence electrons. The molecule has 5 heterocycles. The fraction of sp³-hybridized carbons (Fsp3) is 0.933. The SMILES string of the molecule is N[C@H]1[C@@H](O[C@H]2[C@H](O)[C@@H](O)[C@H](O[C@H]3[C@H](OS(=O)(=O)O)[C@@H](NS(=O)(=O)O)[C@@H](O[C@H]4[C@H](O)[C@@H](OS(=O)(=O)O)[C@H](O[C@H]5[C@H](O)[C@@H](NS(=O)(=O)O)C(O)O[C@@H]5COS(=O)(=O)O)O[C@H]4C(=O)O)O[C@@H]3COS(=O)(=O)O)O[C@@H]2C(=O)O)O[C@H](COS(=O)(=O)O)[C@@H](O)[C@@H]1O. The van der Waals surface area contributed by atoms with Crippen LogP contribution in [0, 0.1) is 0 Å². The van der Waals surface area contributed by atoms with Crippen LogP contribution in [0.15, 0.2) is 0 Å². The molecule has 86 heavy (non-hydrogen) atoms. The Bertz CT molecular complexity index is 3190. The van der Waals surface area contributed by atoms with Crippen LogP contribution in [-0.4, -0.2) is 322 Å². The third kappa shape index (κ3) is 20.7. The molecule has 20 N–H and O–H groups in total. The molecule has 5 rings (SSSR count). The van der Waals surface area contributed by atoms with Crippen molar-refractivity contribution in [3.63, 3.8) is 0 Å². The van der Waals surface area contributed by atoms with E-state index in [0.29, 0.717) is 0 Å². The Labute approximate surface area is 481 Å². The van der Waals surface area contributed by atoms with Gasteiger partial charge in [-0.15, -0.1) is 0 Å². The van der Waals surface area contributed by atoms with E-state index in [0.717, 1.165) is 4.72 Å². The molecule has 0 amide bonds. The fourth-order valence-electron chi connectivity index (χ4n) is 8.53. The summed E-state index contributed by atoms with van der Waals surface area (Å²) in [5.74, 6) is -4.76. The summed E-state index contributed by atoms with van der Waals surface area (Å²) in [7, 11) is -40.7. The minimum absolute atomic E-state index is 1.13. The first-order valence-corrected chi connectivity index (χ1v) is 32.2. The molecule has 0 saturated carbocycles. The first-order valence-electron chi connectivity index (χ1n) is 22.5. The van der Waals surface area contributed by atoms with Gasteiger partial charge in [-0.25, -0.2) is 30.5 Å². The number of carbonyl (C=O) groups is 2. The van der Waals surface area contributed by atoms with Crippen molar-refractivity contribution >= 4 is 84.5 Å². The first-order chi connectivity index (χ1) is 38.9. The van der Waals surface area contributed by atoms with Crippen LogP contribution in [-0.2, 0) is 146 Å². The average Bonchev–Trinajstić information content (AvgIpc) is 0.929. The highest BCUT2D eigenvalue weighted by Gasteiger charge is 2.61. The monoisotopic (exact) mass is 1410 g/mol. The summed E-state index contributed by atoms with van der Waals surface area (Å²) in [6.45, 7) is -4.88. The van der Waals surface area contributed by atoms with Gasteiger partial charge >= 0.3 is 84.5 Å². The molecule has 5 aliphatic rings. The summed E-state index contributed by atoms with van der Waals surface area (Å²) < 4.78 is 305. The van der Waals surface area contributed by atoms with Crippen molar-refractivity contribution in [2.24, 2.45) is 5.73 Å². The van der Waals surface area contributed by atoms with Crippen molar-refractivity contribution in [3.05, 3.63) is 0 Å². The lowest BCUT2D eigenvalue weighted by molar-refractivity contribution is -0.372. The fourth-order valence-corrected chi connectivity index (χ4v) is 11.6. The van der Waals surface area contributed by atoms with Crippen LogP contribution in [0.4, 0.5) is 0 Å². The summed E-state index contributed by atoms with van der Waals surface area (Å²) >= 11 is 0. The second-order valence-corrected chi connectivity index (χ2v) is 25.7. The van der Waals surface area contributed by atoms with Crippen LogP contribution in [0.1, 0.15) is 0 Å². The first kappa shape index (κ1) is 74.1. The largest absolute Gasteiger partial charge is 0.479 e. The van der Waals surface area contributed by atoms with E-state index in [2.05, 4.69) is 20.9 Å². The van der Waals surface area contributed by atoms with Gasteiger partial charge in [-0.2, -0.15) is 68.4 Å². The maximum Gasteiger partial charge on any atom is 0.397 e. The molecule has 1 unspecified atom stereocenters. The lowest BCUT2D eigenvalue weighted by Crippen LogP contribution is -2.71. The normalized spacial score (nSPS) is 40.0. The number of aliphatic hydroxyl groups excluding tert-OH is 7. The predicted octanol–water partition coefficient (Wildman–Crippen LogP) is -13.8. The van der Waals surface area contributed by atoms with Crippen LogP contribution >= 0.6 is 0 Å². The number of carboxylic acids is 2. The Kier molecular flexibility index (Phi) is 24.2. The van der Waals surface area contributed by atoms with Crippen molar-refractivity contribution in [2.45, 2.75) is 153 Å². The van der Waals surface area contributed by atoms with Gasteiger partial charge in [0.25, 0.3) is 0 Å². The average molecular weight is 1410 g/mol. The molecular weight excluding hydrogens is 1360 g/mol. The Morgan fingerprint density at radius 2 is 0.779 bits per heavy atom. The van der Waals surface area contributed by atoms with Gasteiger partial charge in [-0.1, -0.05) is 0 Å². The summed E-state index contributed by atoms with van der Waals surface area (Å²) in [6, 6.07) is -7.75. The van der Waals surface area contributed by atoms with Crippen LogP contribution < -0.4 is 15.2 Å². The van der Waals surface area contributed by atoms with Crippen LogP contribution in [0.5, 0.6) is 0 Å². The molecule has 0 bridgehead atoms. The van der Waals surface area contributed by atoms with Crippen molar-refractivity contribution in [1.29, 1.82) is 0 Å². The quantitative estimate of drug-likeness (QED) is 0.0340. The standard InChI is InChI=1S/C30H51N3O46S7/c31-7-11(35)10(34)4(1-66-82(51,52)53)70-27(7)74-19-13(37)14(38)29(76-22(19)24(40)41)73-17-6(3-68-84(57,58)59)71-28(9(33-81(48,49)50)18(17)78-85(60,61)62)75-20-15(39)21(79-86(63,64)65)30(77-23(20)25(42)43)72-16-5(2-67-83(54,55)56)69-26(44)8(12(16)36)32-80(45,46)47/h4-23,26-30,32-39,44H,1-3,31H2,(H,40,41)(H,42,43)(H,45,46,47)(H,48,49,50)(H,51,52,53)(H,54,55,56)(H,57,58,59)(H,60,61,62)(H,63,64,65)/t4-,5-,6-,7-,8-,9-,10-,11-,12-,13-,14-,15+,16-,17-,18-,19+,20+,21-,22+,23-,26?,27-,28-,29-,30-/m1/s1. The number of nitrogens with two attached hydrogens (primary N) is 1. The minimum Gasteiger partial charge on any atom is -0.479 e. The molecule has 0 aliphatic carbocycles. The highest BCUT2D eigenvalue weighted by atomic mass is 32.3. The van der Waals surface area contributed by atoms with E-state index in [1.165, 1.54) is 4.72 Å². The highest BCUT2D eigenvalue weighted by Crippen LogP contribution is 2.38. The molecule has 5 aliphatic heterocycles. The molecule has 0 aromatic carbocycles. The Hall–Kier alpha value is -2.65. The van der Waals surface area contributed by atoms with Crippen molar-refractivity contribution in [1.82, 2.24) is 9.44 Å². The number of ether oxygens (including phenoxy) is 9. The molecule has 5 fully saturated rings. The lowest BCUT2D eigenvalue weighted by Gasteiger charge is -2.50. The molecule has 25 atom stereocenters. The topological polar surface area (TPSA) is 776 Å². The van der Waals surface area contributed by atoms with E-state index < -0.39 is 258 Å². The third-order valence-electron chi connectivity index (χ3n) is 12.0. The van der Waals surface area contributed by atoms with Gasteiger partial charge in [0, 0.05) is 0 Å². The van der Waals surface area contributed by atoms with Gasteiger partial charge in [0.2, 0.25) is 0 Å². The predicted molar refractivity (Wildman–Crippen MR) is 247 cm³/mol. The zero-order valence-corrected chi connectivity index (χ0v) is 47.1. The second kappa shape index (κ2) is 28.1. The van der Waals surface area contributed by atoms with Gasteiger partial charge in [0.15, 0.2) is 49.8 Å². The van der Waals surface area contributed by atoms with Crippen molar-refractivity contribution in [2.75, 3.05) is 19.8 Å². The number of rotatable bonds is 27. The lowest BCUT2D eigenvalue weighted by atomic mass is 9.94. The van der Waals surface area contributed by atoms with Crippen molar-refractivity contribution in [3.8, 4) is 0 Å². The minimum atomic E-state index is -6.29. The molecule has 0 aromatic rings. The number of nitrogens with one attached hydrogen (secondary N) is 2. The van der Waals surface area contributed by atoms with E-state index in [-0.39, 0.29) is 0 Å². The molecule has 0 spiro atoms. The van der Waals surface area contributed by atoms with E-state index in [1.807, 2.05) is 0 Å². The van der Waals surface area contributed by atoms with Gasteiger partial charge in [-0.3, -0.25) is 31.9 Å². The summed E-state index contributed by atoms with van der Waals surface area (Å²) in [5.41, 5.74) is 5.81. The highest BCUT2D eigenvalue weighted by molar-refractivity contribution is 7.84. The molecular formula is C30H51N3O46S7. The van der Waals surface area contributed by atoms with Crippen LogP contribution in [0.3, 0.4) is 0 Å². The van der Waals surface area contributed by atoms with Gasteiger partial charge < -0.3 is 94.3 Å². The molecule has 56 heteroatoms. The van der Waals surface area contributed by atoms with Gasteiger partial charge in [0.05, 0.1) is 25.9 Å². The number of carboxylic acid groups (broad SMARTS) is 2. The van der Waals surface area contributed by atoms with E-state index in [9.17, 15) is 137 Å². The van der Waals surface area contributed by atoms with E-state index in [1.54, 1.807) is 0 Å². The molecule has 0 aromatic heterocycles. The maximum absolute atomic E-state index is 12.9. The number of hydrogen-bond acceptors (Lipinski definition) is 38. The van der Waals surface area contributed by atoms with E-state index in [4.69, 9.17) is 57.5 Å².